The molecule has 1 radical (unpaired) electrons. The van der Waals surface area contributed by atoms with Gasteiger partial charge in [-0.2, -0.15) is 0 Å². The van der Waals surface area contributed by atoms with Gasteiger partial charge in [-0.25, -0.2) is 7.11 Å². The van der Waals surface area contributed by atoms with Crippen LogP contribution in [-0.4, -0.2) is 44.4 Å². The van der Waals surface area contributed by atoms with Crippen LogP contribution in [0.15, 0.2) is 0 Å². The molecule has 0 aromatic carbocycles. The Morgan fingerprint density at radius 3 is 0.289 bits per heavy atom. The van der Waals surface area contributed by atoms with Crippen molar-refractivity contribution in [3.8, 4) is 0 Å². The van der Waals surface area contributed by atoms with Crippen molar-refractivity contribution in [2.75, 3.05) is 0 Å². The van der Waals surface area contributed by atoms with E-state index in [9.17, 15) is 14.4 Å². The number of rotatable bonds is 0. The number of aliphatic hydroxyl groups is 1. The first-order chi connectivity index (χ1) is 18.2. The van der Waals surface area contributed by atoms with Crippen molar-refractivity contribution in [3.63, 3.8) is 0 Å². The Hall–Kier alpha value is 1.23. The van der Waals surface area contributed by atoms with Gasteiger partial charge in [0.05, 0.1) is 0 Å². The van der Waals surface area contributed by atoms with Gasteiger partial charge in [0, 0.05) is 22.4 Å². The Balaban J connectivity index is -0.000000171. The smallest absolute Gasteiger partial charge is 0.204 e. The van der Waals surface area contributed by atoms with E-state index in [2.05, 4.69) is 194 Å². The van der Waals surface area contributed by atoms with Crippen molar-refractivity contribution in [2.24, 2.45) is 0 Å². The van der Waals surface area contributed by atoms with E-state index >= 15 is 0 Å². The van der Waals surface area contributed by atoms with E-state index in [0.717, 1.165) is 0 Å². The molecule has 277 valence electrons. The zero-order chi connectivity index (χ0) is 38.0. The van der Waals surface area contributed by atoms with Gasteiger partial charge >= 0.3 is 0 Å². The largest absolute Gasteiger partial charge is 0.569 e. The average Bonchev–Trinajstić information content (AvgIpc) is 2.66. The summed E-state index contributed by atoms with van der Waals surface area (Å²) in [6.45, 7) is 58.8. The topological polar surface area (TPSA) is 80.9 Å². The second-order valence-electron chi connectivity index (χ2n) is 22.4. The Kier molecular flexibility index (Phi) is 20.4. The molecule has 45 heavy (non-hydrogen) atoms. The SMILES string of the molecule is CC(C)(C)[Si](O)(C(C)(C)C)C(C)(C)C.CC(C)(C)[Si](O)(C(C)(C)C)C(C)(C)C.CC(C)(C)[Si](O)(C(C)(C)C)C(C)(C)C.[CH2-]O.[Ta]. The molecule has 0 fully saturated rings. The normalized spacial score (nSPS) is 14.9. The summed E-state index contributed by atoms with van der Waals surface area (Å²) < 4.78 is 0. The summed E-state index contributed by atoms with van der Waals surface area (Å²) in [6.07, 6.45) is 0. The zero-order valence-corrected chi connectivity index (χ0v) is 42.2. The minimum atomic E-state index is -2.35. The monoisotopic (exact) mass is 861 g/mol. The van der Waals surface area contributed by atoms with Gasteiger partial charge in [0.1, 0.15) is 0 Å². The van der Waals surface area contributed by atoms with Crippen LogP contribution in [0.1, 0.15) is 187 Å². The summed E-state index contributed by atoms with van der Waals surface area (Å²) in [7, 11) is -4.81. The van der Waals surface area contributed by atoms with E-state index in [-0.39, 0.29) is 67.7 Å². The molecular weight excluding hydrogens is 774 g/mol. The van der Waals surface area contributed by atoms with Crippen LogP contribution in [0.4, 0.5) is 0 Å². The van der Waals surface area contributed by atoms with Crippen molar-refractivity contribution < 1.29 is 41.9 Å². The summed E-state index contributed by atoms with van der Waals surface area (Å²) in [5.74, 6) is 0. The fraction of sp³-hybridized carbons (Fsp3) is 0.973. The summed E-state index contributed by atoms with van der Waals surface area (Å²) in [5, 5.41) is 6.91. The van der Waals surface area contributed by atoms with Crippen LogP contribution in [0, 0.1) is 7.11 Å². The molecule has 0 aliphatic rings. The maximum Gasteiger partial charge on any atom is 0.204 e. The van der Waals surface area contributed by atoms with Crippen LogP contribution < -0.4 is 0 Å². The second kappa shape index (κ2) is 16.5. The molecule has 0 bridgehead atoms. The maximum absolute atomic E-state index is 11.2. The van der Waals surface area contributed by atoms with Crippen LogP contribution in [0.2, 0.25) is 45.3 Å². The predicted molar refractivity (Wildman–Crippen MR) is 209 cm³/mol. The van der Waals surface area contributed by atoms with Gasteiger partial charge in [0.25, 0.3) is 0 Å². The molecular formula is C37H87O4Si3Ta-. The molecule has 0 aliphatic carbocycles. The quantitative estimate of drug-likeness (QED) is 0.144. The first-order valence-corrected chi connectivity index (χ1v) is 22.6. The Morgan fingerprint density at radius 2 is 0.289 bits per heavy atom. The molecule has 0 rings (SSSR count). The van der Waals surface area contributed by atoms with E-state index in [1.165, 1.54) is 0 Å². The van der Waals surface area contributed by atoms with Gasteiger partial charge in [-0.05, 0) is 45.3 Å². The first-order valence-electron chi connectivity index (χ1n) is 16.7. The molecule has 0 spiro atoms. The van der Waals surface area contributed by atoms with Crippen LogP contribution in [0.5, 0.6) is 0 Å². The van der Waals surface area contributed by atoms with Crippen molar-refractivity contribution in [1.29, 1.82) is 0 Å². The second-order valence-corrected chi connectivity index (χ2v) is 40.1. The molecule has 4 nitrogen and oxygen atoms in total. The third-order valence-corrected chi connectivity index (χ3v) is 29.3. The third kappa shape index (κ3) is 12.5. The number of aliphatic hydroxyl groups excluding tert-OH is 1. The molecule has 0 aliphatic heterocycles. The zero-order valence-electron chi connectivity index (χ0n) is 35.9. The van der Waals surface area contributed by atoms with E-state index < -0.39 is 25.0 Å². The van der Waals surface area contributed by atoms with Crippen molar-refractivity contribution in [3.05, 3.63) is 7.11 Å². The fourth-order valence-electron chi connectivity index (χ4n) is 10.1. The molecule has 0 saturated carbocycles. The Labute approximate surface area is 304 Å². The standard InChI is InChI=1S/3C12H28OSi.CH3O.Ta/c3*1-10(2,3)14(13,11(4,5)6)12(7,8)9;1-2;/h3*13H,1-9H3;2H,1H2;/q;;;-1;. The van der Waals surface area contributed by atoms with Crippen LogP contribution in [-0.2, 0) is 22.4 Å². The predicted octanol–water partition coefficient (Wildman–Crippen LogP) is 13.1. The molecule has 0 aromatic rings. The van der Waals surface area contributed by atoms with Gasteiger partial charge in [-0.1, -0.05) is 187 Å². The molecule has 8 heteroatoms. The first kappa shape index (κ1) is 55.6. The van der Waals surface area contributed by atoms with E-state index in [1.54, 1.807) is 0 Å². The minimum Gasteiger partial charge on any atom is -0.569 e. The summed E-state index contributed by atoms with van der Waals surface area (Å²) in [4.78, 5) is 33.5. The Bertz CT molecular complexity index is 616. The minimum absolute atomic E-state index is 0. The molecule has 0 aromatic heterocycles. The molecule has 4 N–H and O–H groups in total. The van der Waals surface area contributed by atoms with E-state index in [4.69, 9.17) is 5.11 Å². The van der Waals surface area contributed by atoms with Crippen LogP contribution in [0.3, 0.4) is 0 Å². The maximum atomic E-state index is 11.2. The van der Waals surface area contributed by atoms with Gasteiger partial charge in [-0.3, -0.25) is 0 Å². The number of hydrogen-bond donors (Lipinski definition) is 4. The Morgan fingerprint density at radius 1 is 0.244 bits per heavy atom. The molecule has 0 atom stereocenters. The third-order valence-electron chi connectivity index (χ3n) is 9.77. The molecule has 0 saturated heterocycles. The number of hydrogen-bond acceptors (Lipinski definition) is 4. The summed E-state index contributed by atoms with van der Waals surface area (Å²) in [5.41, 5.74) is 0. The van der Waals surface area contributed by atoms with Crippen LogP contribution in [0.25, 0.3) is 0 Å². The summed E-state index contributed by atoms with van der Waals surface area (Å²) in [6, 6.07) is 0. The summed E-state index contributed by atoms with van der Waals surface area (Å²) >= 11 is 0. The van der Waals surface area contributed by atoms with E-state index in [0.29, 0.717) is 0 Å². The van der Waals surface area contributed by atoms with Gasteiger partial charge < -0.3 is 19.5 Å². The van der Waals surface area contributed by atoms with Gasteiger partial charge in [0.2, 0.25) is 25.0 Å². The van der Waals surface area contributed by atoms with Crippen molar-refractivity contribution >= 4 is 25.0 Å². The van der Waals surface area contributed by atoms with Gasteiger partial charge in [-0.15, -0.1) is 0 Å². The van der Waals surface area contributed by atoms with Crippen LogP contribution >= 0.6 is 0 Å². The molecule has 0 unspecified atom stereocenters. The molecule has 0 heterocycles. The van der Waals surface area contributed by atoms with Crippen molar-refractivity contribution in [1.82, 2.24) is 0 Å². The fourth-order valence-corrected chi connectivity index (χ4v) is 30.4. The molecule has 0 amide bonds. The average molecular weight is 861 g/mol. The van der Waals surface area contributed by atoms with Gasteiger partial charge in [0.15, 0.2) is 0 Å². The van der Waals surface area contributed by atoms with Crippen molar-refractivity contribution in [2.45, 2.75) is 232 Å². The van der Waals surface area contributed by atoms with E-state index in [1.807, 2.05) is 0 Å².